The highest BCUT2D eigenvalue weighted by Crippen LogP contribution is 2.46. The van der Waals surface area contributed by atoms with Crippen molar-refractivity contribution in [3.05, 3.63) is 59.7 Å². The number of alkyl halides is 3. The largest absolute Gasteiger partial charge is 0.273 e. The molecule has 3 atom stereocenters. The third-order valence-corrected chi connectivity index (χ3v) is 7.75. The third-order valence-electron chi connectivity index (χ3n) is 6.13. The van der Waals surface area contributed by atoms with Gasteiger partial charge in [-0.2, -0.15) is 10.4 Å². The number of imide groups is 1. The molecule has 2 aromatic rings. The summed E-state index contributed by atoms with van der Waals surface area (Å²) < 4.78 is 1.02. The maximum atomic E-state index is 11.9. The van der Waals surface area contributed by atoms with Crippen LogP contribution in [0.25, 0.3) is 0 Å². The number of nitrogens with zero attached hydrogens (tertiary/aromatic N) is 5. The first-order chi connectivity index (χ1) is 17.1. The Balaban J connectivity index is 0.000000205. The maximum absolute atomic E-state index is 11.9. The average molecular weight is 589 g/mol. The van der Waals surface area contributed by atoms with Crippen LogP contribution in [0.5, 0.6) is 0 Å². The lowest BCUT2D eigenvalue weighted by Crippen LogP contribution is -2.30. The highest BCUT2D eigenvalue weighted by molar-refractivity contribution is 8.03. The zero-order valence-electron chi connectivity index (χ0n) is 19.5. The van der Waals surface area contributed by atoms with Crippen LogP contribution in [-0.4, -0.2) is 34.0 Å². The van der Waals surface area contributed by atoms with E-state index in [1.54, 1.807) is 11.0 Å². The van der Waals surface area contributed by atoms with Crippen molar-refractivity contribution in [1.82, 2.24) is 19.1 Å². The van der Waals surface area contributed by atoms with Gasteiger partial charge in [0.2, 0.25) is 11.8 Å². The number of carbonyl (C=O) groups is 2. The number of hydrogen-bond donors (Lipinski definition) is 0. The molecule has 0 spiro atoms. The van der Waals surface area contributed by atoms with E-state index < -0.39 is 8.54 Å². The molecule has 1 aromatic heterocycles. The average Bonchev–Trinajstić information content (AvgIpc) is 3.45. The van der Waals surface area contributed by atoms with Gasteiger partial charge in [-0.1, -0.05) is 90.5 Å². The molecule has 36 heavy (non-hydrogen) atoms. The Morgan fingerprint density at radius 2 is 1.72 bits per heavy atom. The van der Waals surface area contributed by atoms with Gasteiger partial charge >= 0.3 is 0 Å². The fraction of sp³-hybridized carbons (Fsp3) is 0.458. The second-order valence-electron chi connectivity index (χ2n) is 8.56. The number of hydrogen-bond acceptors (Lipinski definition) is 6. The topological polar surface area (TPSA) is 91.9 Å². The zero-order valence-corrected chi connectivity index (χ0v) is 23.3. The van der Waals surface area contributed by atoms with Crippen molar-refractivity contribution in [3.8, 4) is 6.07 Å². The predicted molar refractivity (Wildman–Crippen MR) is 143 cm³/mol. The Kier molecular flexibility index (Phi) is 10.1. The van der Waals surface area contributed by atoms with E-state index in [0.717, 1.165) is 29.1 Å². The van der Waals surface area contributed by atoms with Gasteiger partial charge in [-0.05, 0) is 37.0 Å². The summed E-state index contributed by atoms with van der Waals surface area (Å²) in [4.78, 5) is 27.8. The molecule has 192 valence electrons. The number of halogens is 4. The Bertz CT molecular complexity index is 1090. The molecule has 1 aliphatic heterocycles. The second kappa shape index (κ2) is 12.7. The lowest BCUT2D eigenvalue weighted by atomic mass is 9.77. The van der Waals surface area contributed by atoms with Gasteiger partial charge < -0.3 is 0 Å². The molecule has 0 radical (unpaired) electrons. The van der Waals surface area contributed by atoms with Crippen LogP contribution < -0.4 is 0 Å². The van der Waals surface area contributed by atoms with Gasteiger partial charge in [0.05, 0.1) is 24.4 Å². The molecular weight excluding hydrogens is 564 g/mol. The number of allylic oxidation sites excluding steroid dienone is 2. The van der Waals surface area contributed by atoms with Crippen molar-refractivity contribution in [3.63, 3.8) is 0 Å². The molecule has 4 rings (SSSR count). The molecule has 2 heterocycles. The van der Waals surface area contributed by atoms with Crippen LogP contribution in [0.4, 0.5) is 0 Å². The fourth-order valence-electron chi connectivity index (χ4n) is 4.27. The summed E-state index contributed by atoms with van der Waals surface area (Å²) in [5, 5.41) is 14.6. The minimum atomic E-state index is -1.69. The van der Waals surface area contributed by atoms with E-state index >= 15 is 0 Å². The number of rotatable bonds is 7. The van der Waals surface area contributed by atoms with Crippen molar-refractivity contribution in [2.45, 2.75) is 54.1 Å². The number of nitriles is 1. The van der Waals surface area contributed by atoms with E-state index in [9.17, 15) is 14.9 Å². The molecule has 0 saturated carbocycles. The molecule has 1 aromatic carbocycles. The predicted octanol–water partition coefficient (Wildman–Crippen LogP) is 6.50. The van der Waals surface area contributed by atoms with Crippen LogP contribution in [0, 0.1) is 23.2 Å². The minimum Gasteiger partial charge on any atom is -0.273 e. The summed E-state index contributed by atoms with van der Waals surface area (Å²) in [6.45, 7) is 2.63. The lowest BCUT2D eigenvalue weighted by molar-refractivity contribution is -0.133. The molecule has 1 fully saturated rings. The van der Waals surface area contributed by atoms with Gasteiger partial charge in [0.1, 0.15) is 18.1 Å². The standard InChI is InChI=1S/C15H17ClN4.C9H8Cl3NO2S/c1-2-3-8-15(9-17,10-20-12-18-11-19-20)13-4-6-14(16)7-5-13;10-9(11,12)16-13-7(14)5-3-1-2-4-6(5)8(13)15/h4-7,11-12H,2-3,8,10H2,1H3;1-2,5-6H,3-4H2. The van der Waals surface area contributed by atoms with Crippen LogP contribution in [0.15, 0.2) is 49.1 Å². The SMILES string of the molecule is CCCCC(C#N)(Cn1cncn1)c1ccc(Cl)cc1.O=C1C2CC=CCC2C(=O)N1SC(Cl)(Cl)Cl. The third kappa shape index (κ3) is 7.17. The monoisotopic (exact) mass is 587 g/mol. The first-order valence-corrected chi connectivity index (χ1v) is 13.7. The molecular formula is C24H25Cl4N5O2S. The van der Waals surface area contributed by atoms with Crippen LogP contribution in [0.1, 0.15) is 44.6 Å². The van der Waals surface area contributed by atoms with E-state index in [1.807, 2.05) is 36.4 Å². The Morgan fingerprint density at radius 3 is 2.19 bits per heavy atom. The minimum absolute atomic E-state index is 0.254. The van der Waals surface area contributed by atoms with Crippen LogP contribution >= 0.6 is 58.4 Å². The normalized spacial score (nSPS) is 20.8. The van der Waals surface area contributed by atoms with Crippen LogP contribution in [-0.2, 0) is 21.5 Å². The summed E-state index contributed by atoms with van der Waals surface area (Å²) in [5.74, 6) is -1.07. The van der Waals surface area contributed by atoms with Crippen LogP contribution in [0.2, 0.25) is 5.02 Å². The Hall–Kier alpha value is -1.76. The molecule has 1 aliphatic carbocycles. The zero-order chi connectivity index (χ0) is 26.3. The smallest absolute Gasteiger partial charge is 0.256 e. The van der Waals surface area contributed by atoms with Gasteiger partial charge in [0, 0.05) is 17.0 Å². The molecule has 1 saturated heterocycles. The summed E-state index contributed by atoms with van der Waals surface area (Å²) in [5.41, 5.74) is 0.391. The number of amides is 2. The van der Waals surface area contributed by atoms with Gasteiger partial charge in [-0.25, -0.2) is 9.29 Å². The lowest BCUT2D eigenvalue weighted by Gasteiger charge is -2.27. The van der Waals surface area contributed by atoms with Crippen molar-refractivity contribution < 1.29 is 9.59 Å². The first kappa shape index (κ1) is 28.8. The molecule has 0 N–H and O–H groups in total. The van der Waals surface area contributed by atoms with Crippen molar-refractivity contribution in [2.75, 3.05) is 0 Å². The first-order valence-electron chi connectivity index (χ1n) is 11.4. The van der Waals surface area contributed by atoms with E-state index in [-0.39, 0.29) is 23.7 Å². The second-order valence-corrected chi connectivity index (χ2v) is 13.1. The van der Waals surface area contributed by atoms with Crippen molar-refractivity contribution in [2.24, 2.45) is 11.8 Å². The number of fused-ring (bicyclic) bond motifs is 1. The molecule has 12 heteroatoms. The summed E-state index contributed by atoms with van der Waals surface area (Å²) in [7, 11) is 0. The number of unbranched alkanes of at least 4 members (excludes halogenated alkanes) is 1. The molecule has 2 amide bonds. The highest BCUT2D eigenvalue weighted by atomic mass is 35.6. The molecule has 2 aliphatic rings. The van der Waals surface area contributed by atoms with Crippen LogP contribution in [0.3, 0.4) is 0 Å². The maximum Gasteiger partial charge on any atom is 0.256 e. The molecule has 0 bridgehead atoms. The van der Waals surface area contributed by atoms with E-state index in [2.05, 4.69) is 23.1 Å². The van der Waals surface area contributed by atoms with Gasteiger partial charge in [-0.15, -0.1) is 0 Å². The summed E-state index contributed by atoms with van der Waals surface area (Å²) in [6.07, 6.45) is 11.0. The van der Waals surface area contributed by atoms with E-state index in [1.165, 1.54) is 6.33 Å². The number of benzene rings is 1. The van der Waals surface area contributed by atoms with Gasteiger partial charge in [-0.3, -0.25) is 14.3 Å². The summed E-state index contributed by atoms with van der Waals surface area (Å²) >= 11 is 23.3. The Labute approximate surface area is 234 Å². The summed E-state index contributed by atoms with van der Waals surface area (Å²) in [6, 6.07) is 10.0. The van der Waals surface area contributed by atoms with E-state index in [4.69, 9.17) is 46.4 Å². The van der Waals surface area contributed by atoms with Gasteiger partial charge in [0.15, 0.2) is 0 Å². The fourth-order valence-corrected chi connectivity index (χ4v) is 5.68. The quantitative estimate of drug-likeness (QED) is 0.159. The van der Waals surface area contributed by atoms with Crippen molar-refractivity contribution in [1.29, 1.82) is 5.26 Å². The Morgan fingerprint density at radius 1 is 1.11 bits per heavy atom. The number of carbonyl (C=O) groups excluding carboxylic acids is 2. The van der Waals surface area contributed by atoms with Gasteiger partial charge in [0.25, 0.3) is 3.12 Å². The van der Waals surface area contributed by atoms with E-state index in [0.29, 0.717) is 36.4 Å². The highest BCUT2D eigenvalue weighted by Gasteiger charge is 2.49. The molecule has 7 nitrogen and oxygen atoms in total. The molecule has 3 unspecified atom stereocenters. The van der Waals surface area contributed by atoms with Crippen molar-refractivity contribution >= 4 is 70.2 Å². The number of aromatic nitrogens is 3.